The van der Waals surface area contributed by atoms with Crippen molar-refractivity contribution in [2.45, 2.75) is 38.8 Å². The van der Waals surface area contributed by atoms with E-state index in [9.17, 15) is 14.4 Å². The van der Waals surface area contributed by atoms with Crippen molar-refractivity contribution in [1.29, 1.82) is 0 Å². The van der Waals surface area contributed by atoms with Gasteiger partial charge in [-0.1, -0.05) is 6.07 Å². The van der Waals surface area contributed by atoms with Gasteiger partial charge in [0.1, 0.15) is 11.6 Å². The average molecular weight is 381 g/mol. The summed E-state index contributed by atoms with van der Waals surface area (Å²) in [5.74, 6) is -0.0758. The van der Waals surface area contributed by atoms with E-state index in [0.29, 0.717) is 17.1 Å². The predicted octanol–water partition coefficient (Wildman–Crippen LogP) is 0.741. The van der Waals surface area contributed by atoms with Crippen LogP contribution in [-0.2, 0) is 20.7 Å². The van der Waals surface area contributed by atoms with Crippen LogP contribution >= 0.6 is 0 Å². The van der Waals surface area contributed by atoms with Crippen LogP contribution in [0.15, 0.2) is 18.2 Å². The number of methoxy groups -OCH3 is 2. The molecular formula is C18H27N3O6. The Morgan fingerprint density at radius 3 is 2.26 bits per heavy atom. The van der Waals surface area contributed by atoms with Gasteiger partial charge in [-0.25, -0.2) is 4.79 Å². The van der Waals surface area contributed by atoms with Gasteiger partial charge >= 0.3 is 6.09 Å². The quantitative estimate of drug-likeness (QED) is 0.609. The van der Waals surface area contributed by atoms with Crippen molar-refractivity contribution in [3.05, 3.63) is 23.8 Å². The summed E-state index contributed by atoms with van der Waals surface area (Å²) in [6, 6.07) is 4.01. The van der Waals surface area contributed by atoms with Crippen LogP contribution in [0.3, 0.4) is 0 Å². The van der Waals surface area contributed by atoms with E-state index < -0.39 is 23.6 Å². The molecule has 9 nitrogen and oxygen atoms in total. The van der Waals surface area contributed by atoms with Crippen LogP contribution in [0.4, 0.5) is 4.79 Å². The first-order valence-electron chi connectivity index (χ1n) is 8.32. The second-order valence-electron chi connectivity index (χ2n) is 6.77. The Hall–Kier alpha value is -2.97. The van der Waals surface area contributed by atoms with Gasteiger partial charge in [0.25, 0.3) is 0 Å². The van der Waals surface area contributed by atoms with Crippen molar-refractivity contribution < 1.29 is 28.6 Å². The van der Waals surface area contributed by atoms with Crippen LogP contribution in [-0.4, -0.2) is 50.3 Å². The molecule has 4 N–H and O–H groups in total. The minimum atomic E-state index is -1.09. The topological polar surface area (TPSA) is 129 Å². The van der Waals surface area contributed by atoms with E-state index in [2.05, 4.69) is 10.6 Å². The fourth-order valence-electron chi connectivity index (χ4n) is 2.13. The third-order valence-electron chi connectivity index (χ3n) is 3.35. The Balaban J connectivity index is 2.62. The highest BCUT2D eigenvalue weighted by atomic mass is 16.6. The third-order valence-corrected chi connectivity index (χ3v) is 3.35. The van der Waals surface area contributed by atoms with Crippen molar-refractivity contribution >= 4 is 17.9 Å². The maximum atomic E-state index is 12.1. The van der Waals surface area contributed by atoms with Gasteiger partial charge in [-0.15, -0.1) is 0 Å². The van der Waals surface area contributed by atoms with Gasteiger partial charge in [0, 0.05) is 6.54 Å². The standard InChI is InChI=1S/C18H27N3O6/c1-18(2,3)27-17(24)21-12(16(19)23)10-20-15(22)9-11-6-7-13(25-4)14(8-11)26-5/h6-8,12H,9-10H2,1-5H3,(H2,19,23)(H,20,22)(H,21,24). The minimum Gasteiger partial charge on any atom is -0.493 e. The van der Waals surface area contributed by atoms with E-state index in [4.69, 9.17) is 19.9 Å². The van der Waals surface area contributed by atoms with Gasteiger partial charge in [-0.3, -0.25) is 9.59 Å². The lowest BCUT2D eigenvalue weighted by molar-refractivity contribution is -0.121. The van der Waals surface area contributed by atoms with E-state index in [-0.39, 0.29) is 18.9 Å². The lowest BCUT2D eigenvalue weighted by atomic mass is 10.1. The number of carbonyl (C=O) groups is 3. The first kappa shape index (κ1) is 22.1. The number of hydrogen-bond acceptors (Lipinski definition) is 6. The van der Waals surface area contributed by atoms with Gasteiger partial charge < -0.3 is 30.6 Å². The number of alkyl carbamates (subject to hydrolysis) is 1. The van der Waals surface area contributed by atoms with E-state index in [1.54, 1.807) is 39.0 Å². The number of ether oxygens (including phenoxy) is 3. The molecule has 0 heterocycles. The molecule has 1 unspecified atom stereocenters. The largest absolute Gasteiger partial charge is 0.493 e. The number of primary amides is 1. The summed E-state index contributed by atoms with van der Waals surface area (Å²) in [4.78, 5) is 35.4. The van der Waals surface area contributed by atoms with Gasteiger partial charge in [-0.05, 0) is 38.5 Å². The molecule has 1 aromatic carbocycles. The fourth-order valence-corrected chi connectivity index (χ4v) is 2.13. The fraction of sp³-hybridized carbons (Fsp3) is 0.500. The van der Waals surface area contributed by atoms with Crippen LogP contribution in [0.25, 0.3) is 0 Å². The van der Waals surface area contributed by atoms with Gasteiger partial charge in [0.2, 0.25) is 11.8 Å². The molecule has 1 rings (SSSR count). The maximum Gasteiger partial charge on any atom is 0.408 e. The molecule has 1 atom stereocenters. The molecule has 0 aliphatic carbocycles. The normalized spacial score (nSPS) is 11.9. The first-order chi connectivity index (χ1) is 12.6. The summed E-state index contributed by atoms with van der Waals surface area (Å²) in [6.45, 7) is 4.92. The van der Waals surface area contributed by atoms with Crippen molar-refractivity contribution in [1.82, 2.24) is 10.6 Å². The van der Waals surface area contributed by atoms with Crippen LogP contribution in [0.5, 0.6) is 11.5 Å². The third kappa shape index (κ3) is 7.85. The average Bonchev–Trinajstić information content (AvgIpc) is 2.56. The number of hydrogen-bond donors (Lipinski definition) is 3. The maximum absolute atomic E-state index is 12.1. The Morgan fingerprint density at radius 2 is 1.74 bits per heavy atom. The molecule has 9 heteroatoms. The minimum absolute atomic E-state index is 0.0538. The molecule has 0 aliphatic heterocycles. The SMILES string of the molecule is COc1ccc(CC(=O)NCC(NC(=O)OC(C)(C)C)C(N)=O)cc1OC. The molecule has 0 saturated carbocycles. The number of amides is 3. The van der Waals surface area contributed by atoms with Gasteiger partial charge in [0.05, 0.1) is 20.6 Å². The van der Waals surface area contributed by atoms with Crippen molar-refractivity contribution in [2.75, 3.05) is 20.8 Å². The zero-order chi connectivity index (χ0) is 20.6. The summed E-state index contributed by atoms with van der Waals surface area (Å²) in [6.07, 6.45) is -0.737. The highest BCUT2D eigenvalue weighted by Crippen LogP contribution is 2.27. The van der Waals surface area contributed by atoms with E-state index in [1.807, 2.05) is 0 Å². The zero-order valence-corrected chi connectivity index (χ0v) is 16.3. The number of nitrogens with two attached hydrogens (primary N) is 1. The summed E-state index contributed by atoms with van der Waals surface area (Å²) in [5.41, 5.74) is 5.24. The Morgan fingerprint density at radius 1 is 1.11 bits per heavy atom. The van der Waals surface area contributed by atoms with Crippen LogP contribution in [0, 0.1) is 0 Å². The highest BCUT2D eigenvalue weighted by Gasteiger charge is 2.23. The first-order valence-corrected chi connectivity index (χ1v) is 8.32. The second-order valence-corrected chi connectivity index (χ2v) is 6.77. The number of carbonyl (C=O) groups excluding carboxylic acids is 3. The molecule has 0 aromatic heterocycles. The molecule has 1 aromatic rings. The predicted molar refractivity (Wildman–Crippen MR) is 98.6 cm³/mol. The van der Waals surface area contributed by atoms with E-state index >= 15 is 0 Å². The van der Waals surface area contributed by atoms with Crippen molar-refractivity contribution in [2.24, 2.45) is 5.73 Å². The Bertz CT molecular complexity index is 684. The van der Waals surface area contributed by atoms with Crippen molar-refractivity contribution in [3.63, 3.8) is 0 Å². The Labute approximate surface area is 158 Å². The lowest BCUT2D eigenvalue weighted by Crippen LogP contribution is -2.52. The number of rotatable bonds is 8. The Kier molecular flexibility index (Phi) is 7.89. The summed E-state index contributed by atoms with van der Waals surface area (Å²) in [7, 11) is 3.02. The second kappa shape index (κ2) is 9.65. The number of benzene rings is 1. The molecule has 150 valence electrons. The molecule has 3 amide bonds. The molecule has 0 bridgehead atoms. The lowest BCUT2D eigenvalue weighted by Gasteiger charge is -2.22. The summed E-state index contributed by atoms with van der Waals surface area (Å²) >= 11 is 0. The summed E-state index contributed by atoms with van der Waals surface area (Å²) < 4.78 is 15.4. The smallest absolute Gasteiger partial charge is 0.408 e. The molecule has 0 radical (unpaired) electrons. The van der Waals surface area contributed by atoms with E-state index in [1.165, 1.54) is 14.2 Å². The highest BCUT2D eigenvalue weighted by molar-refractivity contribution is 5.86. The summed E-state index contributed by atoms with van der Waals surface area (Å²) in [5, 5.41) is 4.90. The molecule has 0 aliphatic rings. The van der Waals surface area contributed by atoms with Crippen molar-refractivity contribution in [3.8, 4) is 11.5 Å². The number of nitrogens with one attached hydrogen (secondary N) is 2. The van der Waals surface area contributed by atoms with Crippen LogP contribution < -0.4 is 25.8 Å². The molecular weight excluding hydrogens is 354 g/mol. The monoisotopic (exact) mass is 381 g/mol. The molecule has 0 saturated heterocycles. The molecule has 27 heavy (non-hydrogen) atoms. The molecule has 0 fully saturated rings. The molecule has 0 spiro atoms. The zero-order valence-electron chi connectivity index (χ0n) is 16.3. The van der Waals surface area contributed by atoms with Crippen LogP contribution in [0.2, 0.25) is 0 Å². The van der Waals surface area contributed by atoms with Gasteiger partial charge in [-0.2, -0.15) is 0 Å². The van der Waals surface area contributed by atoms with Crippen LogP contribution in [0.1, 0.15) is 26.3 Å². The van der Waals surface area contributed by atoms with Gasteiger partial charge in [0.15, 0.2) is 11.5 Å². The van der Waals surface area contributed by atoms with E-state index in [0.717, 1.165) is 0 Å².